The van der Waals surface area contributed by atoms with Crippen LogP contribution in [0, 0.1) is 0 Å². The smallest absolute Gasteiger partial charge is 0.317 e. The van der Waals surface area contributed by atoms with E-state index >= 15 is 0 Å². The molecule has 1 fully saturated rings. The van der Waals surface area contributed by atoms with Crippen LogP contribution in [0.4, 0.5) is 0 Å². The third-order valence-corrected chi connectivity index (χ3v) is 3.17. The van der Waals surface area contributed by atoms with E-state index in [1.165, 1.54) is 0 Å². The number of nitrogens with zero attached hydrogens (tertiary/aromatic N) is 1. The Balaban J connectivity index is 2.53. The lowest BCUT2D eigenvalue weighted by Crippen LogP contribution is -2.44. The van der Waals surface area contributed by atoms with Gasteiger partial charge in [0.05, 0.1) is 12.6 Å². The van der Waals surface area contributed by atoms with Gasteiger partial charge in [0.15, 0.2) is 0 Å². The quantitative estimate of drug-likeness (QED) is 0.692. The van der Waals surface area contributed by atoms with Crippen LogP contribution in [-0.2, 0) is 9.53 Å². The van der Waals surface area contributed by atoms with Crippen molar-refractivity contribution in [2.24, 2.45) is 0 Å². The lowest BCUT2D eigenvalue weighted by Gasteiger charge is -2.36. The van der Waals surface area contributed by atoms with Gasteiger partial charge in [0.25, 0.3) is 0 Å². The number of carbonyl (C=O) groups is 1. The second-order valence-corrected chi connectivity index (χ2v) is 4.57. The number of rotatable bonds is 7. The number of aliphatic carboxylic acids is 1. The SMILES string of the molecule is C=CCN(CC(=O)O)C1CCOC(CCC)C1. The summed E-state index contributed by atoms with van der Waals surface area (Å²) in [4.78, 5) is 12.8. The largest absolute Gasteiger partial charge is 0.480 e. The van der Waals surface area contributed by atoms with E-state index in [2.05, 4.69) is 13.5 Å². The molecule has 0 bridgehead atoms. The van der Waals surface area contributed by atoms with E-state index < -0.39 is 5.97 Å². The van der Waals surface area contributed by atoms with Crippen LogP contribution in [0.15, 0.2) is 12.7 Å². The van der Waals surface area contributed by atoms with E-state index in [0.717, 1.165) is 32.3 Å². The van der Waals surface area contributed by atoms with Gasteiger partial charge in [-0.1, -0.05) is 19.4 Å². The maximum Gasteiger partial charge on any atom is 0.317 e. The Morgan fingerprint density at radius 2 is 2.41 bits per heavy atom. The van der Waals surface area contributed by atoms with Crippen LogP contribution in [0.5, 0.6) is 0 Å². The van der Waals surface area contributed by atoms with Gasteiger partial charge in [-0.2, -0.15) is 0 Å². The van der Waals surface area contributed by atoms with Crippen LogP contribution in [0.25, 0.3) is 0 Å². The summed E-state index contributed by atoms with van der Waals surface area (Å²) in [5.41, 5.74) is 0. The molecule has 0 aromatic carbocycles. The molecule has 1 rings (SSSR count). The fourth-order valence-electron chi connectivity index (χ4n) is 2.40. The van der Waals surface area contributed by atoms with Gasteiger partial charge in [-0.3, -0.25) is 9.69 Å². The average Bonchev–Trinajstić information content (AvgIpc) is 2.29. The molecule has 0 spiro atoms. The van der Waals surface area contributed by atoms with Gasteiger partial charge in [0.2, 0.25) is 0 Å². The second-order valence-electron chi connectivity index (χ2n) is 4.57. The Kier molecular flexibility index (Phi) is 6.22. The predicted molar refractivity (Wildman–Crippen MR) is 67.1 cm³/mol. The molecule has 0 radical (unpaired) electrons. The van der Waals surface area contributed by atoms with Crippen molar-refractivity contribution < 1.29 is 14.6 Å². The number of ether oxygens (including phenoxy) is 1. The van der Waals surface area contributed by atoms with Crippen molar-refractivity contribution in [1.29, 1.82) is 0 Å². The third kappa shape index (κ3) is 4.88. The number of carboxylic acid groups (broad SMARTS) is 1. The minimum atomic E-state index is -0.773. The first-order valence-electron chi connectivity index (χ1n) is 6.35. The molecule has 1 saturated heterocycles. The minimum absolute atomic E-state index is 0.0928. The predicted octanol–water partition coefficient (Wildman–Crippen LogP) is 1.91. The van der Waals surface area contributed by atoms with Crippen molar-refractivity contribution in [3.8, 4) is 0 Å². The second kappa shape index (κ2) is 7.45. The van der Waals surface area contributed by atoms with Crippen LogP contribution >= 0.6 is 0 Å². The van der Waals surface area contributed by atoms with Crippen LogP contribution in [-0.4, -0.2) is 47.8 Å². The maximum absolute atomic E-state index is 10.8. The van der Waals surface area contributed by atoms with Crippen LogP contribution in [0.2, 0.25) is 0 Å². The highest BCUT2D eigenvalue weighted by molar-refractivity contribution is 5.69. The Morgan fingerprint density at radius 1 is 1.65 bits per heavy atom. The third-order valence-electron chi connectivity index (χ3n) is 3.17. The van der Waals surface area contributed by atoms with Crippen LogP contribution in [0.3, 0.4) is 0 Å². The normalized spacial score (nSPS) is 24.8. The molecule has 2 unspecified atom stereocenters. The standard InChI is InChI=1S/C13H23NO3/c1-3-5-12-9-11(6-8-17-12)14(7-4-2)10-13(15)16/h4,11-12H,2-3,5-10H2,1H3,(H,15,16). The highest BCUT2D eigenvalue weighted by Crippen LogP contribution is 2.22. The first kappa shape index (κ1) is 14.2. The molecule has 0 saturated carbocycles. The van der Waals surface area contributed by atoms with Crippen molar-refractivity contribution in [2.45, 2.75) is 44.8 Å². The van der Waals surface area contributed by atoms with Crippen molar-refractivity contribution in [3.63, 3.8) is 0 Å². The molecule has 1 heterocycles. The Labute approximate surface area is 103 Å². The number of carboxylic acids is 1. The van der Waals surface area contributed by atoms with Gasteiger partial charge in [-0.05, 0) is 19.3 Å². The summed E-state index contributed by atoms with van der Waals surface area (Å²) < 4.78 is 5.68. The Morgan fingerprint density at radius 3 is 3.00 bits per heavy atom. The molecule has 4 nitrogen and oxygen atoms in total. The molecule has 0 amide bonds. The zero-order valence-electron chi connectivity index (χ0n) is 10.6. The van der Waals surface area contributed by atoms with Crippen LogP contribution < -0.4 is 0 Å². The molecule has 98 valence electrons. The summed E-state index contributed by atoms with van der Waals surface area (Å²) in [5.74, 6) is -0.773. The Bertz CT molecular complexity index is 253. The van der Waals surface area contributed by atoms with E-state index in [1.54, 1.807) is 6.08 Å². The van der Waals surface area contributed by atoms with E-state index in [4.69, 9.17) is 9.84 Å². The zero-order valence-corrected chi connectivity index (χ0v) is 10.6. The molecule has 1 N–H and O–H groups in total. The lowest BCUT2D eigenvalue weighted by molar-refractivity contribution is -0.139. The van der Waals surface area contributed by atoms with E-state index in [1.807, 2.05) is 4.90 Å². The molecule has 17 heavy (non-hydrogen) atoms. The topological polar surface area (TPSA) is 49.8 Å². The first-order chi connectivity index (χ1) is 8.17. The molecule has 0 aliphatic carbocycles. The number of hydrogen-bond donors (Lipinski definition) is 1. The van der Waals surface area contributed by atoms with Crippen molar-refractivity contribution in [3.05, 3.63) is 12.7 Å². The highest BCUT2D eigenvalue weighted by Gasteiger charge is 2.27. The van der Waals surface area contributed by atoms with Crippen molar-refractivity contribution >= 4 is 5.97 Å². The summed E-state index contributed by atoms with van der Waals surface area (Å²) in [6.07, 6.45) is 6.09. The minimum Gasteiger partial charge on any atom is -0.480 e. The summed E-state index contributed by atoms with van der Waals surface area (Å²) in [5, 5.41) is 8.90. The monoisotopic (exact) mass is 241 g/mol. The fourth-order valence-corrected chi connectivity index (χ4v) is 2.40. The Hall–Kier alpha value is -0.870. The average molecular weight is 241 g/mol. The van der Waals surface area contributed by atoms with Crippen molar-refractivity contribution in [2.75, 3.05) is 19.7 Å². The molecule has 1 aliphatic rings. The molecule has 0 aromatic rings. The molecular weight excluding hydrogens is 218 g/mol. The summed E-state index contributed by atoms with van der Waals surface area (Å²) in [6, 6.07) is 0.314. The zero-order chi connectivity index (χ0) is 12.7. The molecule has 4 heteroatoms. The van der Waals surface area contributed by atoms with Gasteiger partial charge < -0.3 is 9.84 Å². The van der Waals surface area contributed by atoms with E-state index in [-0.39, 0.29) is 6.54 Å². The first-order valence-corrected chi connectivity index (χ1v) is 6.35. The summed E-state index contributed by atoms with van der Waals surface area (Å²) in [7, 11) is 0. The fraction of sp³-hybridized carbons (Fsp3) is 0.769. The summed E-state index contributed by atoms with van der Waals surface area (Å²) >= 11 is 0. The van der Waals surface area contributed by atoms with Gasteiger partial charge >= 0.3 is 5.97 Å². The van der Waals surface area contributed by atoms with E-state index in [0.29, 0.717) is 18.7 Å². The molecule has 1 aliphatic heterocycles. The van der Waals surface area contributed by atoms with Gasteiger partial charge in [0.1, 0.15) is 0 Å². The van der Waals surface area contributed by atoms with E-state index in [9.17, 15) is 4.79 Å². The highest BCUT2D eigenvalue weighted by atomic mass is 16.5. The molecular formula is C13H23NO3. The van der Waals surface area contributed by atoms with Gasteiger partial charge in [-0.25, -0.2) is 0 Å². The number of hydrogen-bond acceptors (Lipinski definition) is 3. The summed E-state index contributed by atoms with van der Waals surface area (Å²) in [6.45, 7) is 7.30. The maximum atomic E-state index is 10.8. The molecule has 0 aromatic heterocycles. The van der Waals surface area contributed by atoms with Gasteiger partial charge in [-0.15, -0.1) is 6.58 Å². The van der Waals surface area contributed by atoms with Gasteiger partial charge in [0, 0.05) is 19.2 Å². The lowest BCUT2D eigenvalue weighted by atomic mass is 9.98. The molecule has 2 atom stereocenters. The van der Waals surface area contributed by atoms with Crippen molar-refractivity contribution in [1.82, 2.24) is 4.90 Å². The van der Waals surface area contributed by atoms with Crippen LogP contribution in [0.1, 0.15) is 32.6 Å².